The maximum atomic E-state index is 4.76. The van der Waals surface area contributed by atoms with Crippen LogP contribution >= 0.6 is 0 Å². The molecule has 7 aromatic carbocycles. The van der Waals surface area contributed by atoms with Crippen molar-refractivity contribution in [2.45, 2.75) is 68.6 Å². The molecule has 2 unspecified atom stereocenters. The second-order valence-electron chi connectivity index (χ2n) is 19.6. The molecule has 3 aromatic heterocycles. The number of hydrogen-bond acceptors (Lipinski definition) is 3. The van der Waals surface area contributed by atoms with Crippen molar-refractivity contribution in [3.8, 4) is 78.3 Å². The zero-order chi connectivity index (χ0) is 47.4. The van der Waals surface area contributed by atoms with Gasteiger partial charge in [-0.2, -0.15) is 0 Å². The Morgan fingerprint density at radius 2 is 0.972 bits per heavy atom. The normalized spacial score (nSPS) is 16.0. The van der Waals surface area contributed by atoms with Crippen LogP contribution in [-0.4, -0.2) is 15.0 Å². The largest absolute Gasteiger partial charge is 3.00 e. The fourth-order valence-corrected chi connectivity index (χ4v) is 11.8. The molecular formula is C68H54IrN3. The van der Waals surface area contributed by atoms with E-state index in [9.17, 15) is 0 Å². The minimum absolute atomic E-state index is 0. The molecule has 0 spiro atoms. The van der Waals surface area contributed by atoms with Gasteiger partial charge in [-0.05, 0) is 104 Å². The van der Waals surface area contributed by atoms with Gasteiger partial charge in [0.15, 0.2) is 0 Å². The summed E-state index contributed by atoms with van der Waals surface area (Å²) in [6, 6.07) is 83.7. The summed E-state index contributed by atoms with van der Waals surface area (Å²) in [6.45, 7) is 0. The first-order valence-corrected chi connectivity index (χ1v) is 25.4. The van der Waals surface area contributed by atoms with Gasteiger partial charge < -0.3 is 15.0 Å². The molecule has 0 bridgehead atoms. The third kappa shape index (κ3) is 9.70. The summed E-state index contributed by atoms with van der Waals surface area (Å²) in [6.07, 6.45) is 14.8. The fourth-order valence-electron chi connectivity index (χ4n) is 11.8. The molecule has 0 radical (unpaired) electrons. The second-order valence-corrected chi connectivity index (χ2v) is 19.6. The molecule has 3 heterocycles. The van der Waals surface area contributed by atoms with Crippen LogP contribution in [0.3, 0.4) is 0 Å². The standard InChI is InChI=1S/C68H54N3.Ir/c1-2-15-49(16-3-1)50-24-26-52(27-25-50)64-46-55(67-23-8-13-42-71-67)34-37-63(64)62-18-5-4-17-61(62)57-44-48(47-68(38-9-10-39-68)58-35-32-54(33-36-58)66-22-7-12-41-70-66)43-56(45-57)60-20-14-19-59(60)51-28-30-53(31-29-51)65-21-6-11-40-69-65;/h1-8,11-13,15-18,21-30,32,35-37,40-46,59-60H,9-10,14,19-20,38-39,47H2;/q-3;+3. The Hall–Kier alpha value is -7.36. The third-order valence-corrected chi connectivity index (χ3v) is 15.4. The van der Waals surface area contributed by atoms with E-state index in [1.54, 1.807) is 0 Å². The van der Waals surface area contributed by atoms with Crippen molar-refractivity contribution >= 4 is 0 Å². The molecule has 2 saturated carbocycles. The molecule has 3 nitrogen and oxygen atoms in total. The van der Waals surface area contributed by atoms with E-state index >= 15 is 0 Å². The predicted molar refractivity (Wildman–Crippen MR) is 290 cm³/mol. The molecule has 72 heavy (non-hydrogen) atoms. The summed E-state index contributed by atoms with van der Waals surface area (Å²) in [5.41, 5.74) is 21.0. The van der Waals surface area contributed by atoms with Crippen LogP contribution in [0.15, 0.2) is 219 Å². The van der Waals surface area contributed by atoms with Gasteiger partial charge in [0.25, 0.3) is 0 Å². The first-order valence-electron chi connectivity index (χ1n) is 25.4. The van der Waals surface area contributed by atoms with Gasteiger partial charge in [-0.15, -0.1) is 94.5 Å². The van der Waals surface area contributed by atoms with Crippen LogP contribution in [0.5, 0.6) is 0 Å². The molecule has 0 saturated heterocycles. The minimum atomic E-state index is 0. The van der Waals surface area contributed by atoms with Crippen LogP contribution in [0.2, 0.25) is 0 Å². The Morgan fingerprint density at radius 3 is 1.60 bits per heavy atom. The number of nitrogens with zero attached hydrogens (tertiary/aromatic N) is 3. The van der Waals surface area contributed by atoms with Crippen LogP contribution in [0, 0.1) is 18.2 Å². The average Bonchev–Trinajstić information content (AvgIpc) is 4.16. The molecule has 0 amide bonds. The zero-order valence-electron chi connectivity index (χ0n) is 40.3. The minimum Gasteiger partial charge on any atom is -0.305 e. The summed E-state index contributed by atoms with van der Waals surface area (Å²) in [5, 5.41) is 0. The maximum absolute atomic E-state index is 4.76. The van der Waals surface area contributed by atoms with Gasteiger partial charge in [-0.25, -0.2) is 0 Å². The molecule has 4 heteroatoms. The smallest absolute Gasteiger partial charge is 0.305 e. The molecular weight excluding hydrogens is 1050 g/mol. The monoisotopic (exact) mass is 1110 g/mol. The van der Waals surface area contributed by atoms with Crippen LogP contribution < -0.4 is 0 Å². The fraction of sp³-hybridized carbons (Fsp3) is 0.162. The van der Waals surface area contributed by atoms with E-state index in [0.717, 1.165) is 82.6 Å². The number of rotatable bonds is 12. The van der Waals surface area contributed by atoms with Crippen molar-refractivity contribution in [3.05, 3.63) is 259 Å². The van der Waals surface area contributed by atoms with E-state index in [-0.39, 0.29) is 25.5 Å². The third-order valence-electron chi connectivity index (χ3n) is 15.4. The number of hydrogen-bond donors (Lipinski definition) is 0. The summed E-state index contributed by atoms with van der Waals surface area (Å²) in [5.74, 6) is 0.779. The Labute approximate surface area is 438 Å². The molecule has 2 atom stereocenters. The number of benzene rings is 7. The SMILES string of the molecule is [Ir+3].[c-]1cc(C2CCCC2c2cc(CC3(c4c[c-]c(-c5ccccn5)cc4)CCCC3)cc(-c3ccccc3-c3c[c-]c(-c4ccccn4)cc3-c3ccc(-c4ccccc4)cc3)c2)ccc1-c1ccccn1. The predicted octanol–water partition coefficient (Wildman–Crippen LogP) is 17.0. The van der Waals surface area contributed by atoms with Crippen molar-refractivity contribution in [1.82, 2.24) is 15.0 Å². The van der Waals surface area contributed by atoms with Gasteiger partial charge in [0.05, 0.1) is 0 Å². The van der Waals surface area contributed by atoms with E-state index in [1.807, 2.05) is 48.9 Å². The average molecular weight is 1110 g/mol. The van der Waals surface area contributed by atoms with Crippen molar-refractivity contribution in [2.24, 2.45) is 0 Å². The number of aromatic nitrogens is 3. The first kappa shape index (κ1) is 47.0. The molecule has 2 fully saturated rings. The van der Waals surface area contributed by atoms with E-state index in [0.29, 0.717) is 11.8 Å². The molecule has 0 N–H and O–H groups in total. The van der Waals surface area contributed by atoms with Gasteiger partial charge in [0, 0.05) is 18.6 Å². The Kier molecular flexibility index (Phi) is 13.8. The second kappa shape index (κ2) is 21.2. The molecule has 0 aliphatic heterocycles. The van der Waals surface area contributed by atoms with Gasteiger partial charge >= 0.3 is 20.1 Å². The van der Waals surface area contributed by atoms with Gasteiger partial charge in [-0.1, -0.05) is 189 Å². The Bertz CT molecular complexity index is 3390. The van der Waals surface area contributed by atoms with E-state index in [2.05, 4.69) is 198 Å². The van der Waals surface area contributed by atoms with Crippen LogP contribution in [0.4, 0.5) is 0 Å². The zero-order valence-corrected chi connectivity index (χ0v) is 42.7. The van der Waals surface area contributed by atoms with Crippen LogP contribution in [0.1, 0.15) is 79.0 Å². The van der Waals surface area contributed by atoms with Crippen molar-refractivity contribution in [1.29, 1.82) is 0 Å². The van der Waals surface area contributed by atoms with Crippen molar-refractivity contribution in [2.75, 3.05) is 0 Å². The van der Waals surface area contributed by atoms with E-state index in [1.165, 1.54) is 69.3 Å². The first-order chi connectivity index (χ1) is 35.1. The summed E-state index contributed by atoms with van der Waals surface area (Å²) in [7, 11) is 0. The molecule has 2 aliphatic rings. The van der Waals surface area contributed by atoms with Crippen LogP contribution in [0.25, 0.3) is 78.3 Å². The van der Waals surface area contributed by atoms with Crippen LogP contribution in [-0.2, 0) is 31.9 Å². The molecule has 10 aromatic rings. The molecule has 350 valence electrons. The van der Waals surface area contributed by atoms with E-state index in [4.69, 9.17) is 4.98 Å². The van der Waals surface area contributed by atoms with Gasteiger partial charge in [0.2, 0.25) is 0 Å². The quantitative estimate of drug-likeness (QED) is 0.114. The topological polar surface area (TPSA) is 38.7 Å². The Morgan fingerprint density at radius 1 is 0.403 bits per heavy atom. The summed E-state index contributed by atoms with van der Waals surface area (Å²) in [4.78, 5) is 14.0. The van der Waals surface area contributed by atoms with Gasteiger partial charge in [0.1, 0.15) is 0 Å². The molecule has 12 rings (SSSR count). The maximum Gasteiger partial charge on any atom is 3.00 e. The van der Waals surface area contributed by atoms with Gasteiger partial charge in [-0.3, -0.25) is 0 Å². The van der Waals surface area contributed by atoms with Crippen molar-refractivity contribution in [3.63, 3.8) is 0 Å². The van der Waals surface area contributed by atoms with Crippen molar-refractivity contribution < 1.29 is 20.1 Å². The van der Waals surface area contributed by atoms with E-state index < -0.39 is 0 Å². The summed E-state index contributed by atoms with van der Waals surface area (Å²) >= 11 is 0. The Balaban J connectivity index is 0.00000560. The summed E-state index contributed by atoms with van der Waals surface area (Å²) < 4.78 is 0. The molecule has 2 aliphatic carbocycles. The number of pyridine rings is 3.